The number of nitrogens with two attached hydrogens (primary N) is 1. The third kappa shape index (κ3) is 4.06. The largest absolute Gasteiger partial charge is 0.369 e. The third-order valence-electron chi connectivity index (χ3n) is 4.55. The minimum atomic E-state index is 0.386. The fourth-order valence-electron chi connectivity index (χ4n) is 3.09. The maximum Gasteiger partial charge on any atom is 0.148 e. The molecule has 5 heteroatoms. The van der Waals surface area contributed by atoms with Crippen LogP contribution in [0, 0.1) is 12.3 Å². The lowest BCUT2D eigenvalue weighted by atomic mass is 9.76. The van der Waals surface area contributed by atoms with E-state index in [1.54, 1.807) is 0 Å². The van der Waals surface area contributed by atoms with Crippen LogP contribution in [0.1, 0.15) is 63.8 Å². The number of aryl methyl sites for hydroxylation is 1. The summed E-state index contributed by atoms with van der Waals surface area (Å²) in [6, 6.07) is 0. The first-order valence-electron chi connectivity index (χ1n) is 8.16. The Morgan fingerprint density at radius 1 is 1.14 bits per heavy atom. The molecule has 0 amide bonds. The Kier molecular flexibility index (Phi) is 5.39. The molecular formula is C16H29N5. The predicted octanol–water partition coefficient (Wildman–Crippen LogP) is 3.41. The van der Waals surface area contributed by atoms with Gasteiger partial charge in [0.1, 0.15) is 17.5 Å². The van der Waals surface area contributed by atoms with E-state index in [9.17, 15) is 0 Å². The van der Waals surface area contributed by atoms with E-state index in [0.29, 0.717) is 5.41 Å². The number of anilines is 2. The molecule has 0 aliphatic heterocycles. The van der Waals surface area contributed by atoms with Crippen molar-refractivity contribution in [2.45, 2.75) is 65.7 Å². The van der Waals surface area contributed by atoms with Crippen LogP contribution in [0.3, 0.4) is 0 Å². The van der Waals surface area contributed by atoms with Crippen LogP contribution in [-0.2, 0) is 6.42 Å². The molecular weight excluding hydrogens is 262 g/mol. The van der Waals surface area contributed by atoms with E-state index in [0.717, 1.165) is 42.4 Å². The van der Waals surface area contributed by atoms with Crippen LogP contribution in [-0.4, -0.2) is 16.5 Å². The average molecular weight is 291 g/mol. The quantitative estimate of drug-likeness (QED) is 0.553. The molecule has 0 atom stereocenters. The van der Waals surface area contributed by atoms with Crippen molar-refractivity contribution in [1.29, 1.82) is 0 Å². The molecule has 1 aliphatic carbocycles. The van der Waals surface area contributed by atoms with Crippen molar-refractivity contribution in [3.05, 3.63) is 11.4 Å². The van der Waals surface area contributed by atoms with Crippen LogP contribution in [0.4, 0.5) is 11.6 Å². The predicted molar refractivity (Wildman–Crippen MR) is 88.3 cm³/mol. The number of aromatic nitrogens is 2. The Morgan fingerprint density at radius 2 is 1.81 bits per heavy atom. The third-order valence-corrected chi connectivity index (χ3v) is 4.55. The van der Waals surface area contributed by atoms with E-state index in [1.807, 2.05) is 6.92 Å². The van der Waals surface area contributed by atoms with Gasteiger partial charge in [-0.05, 0) is 31.6 Å². The molecule has 0 unspecified atom stereocenters. The van der Waals surface area contributed by atoms with Gasteiger partial charge in [-0.3, -0.25) is 0 Å². The van der Waals surface area contributed by atoms with E-state index >= 15 is 0 Å². The van der Waals surface area contributed by atoms with Gasteiger partial charge in [-0.2, -0.15) is 0 Å². The highest BCUT2D eigenvalue weighted by Gasteiger charge is 2.27. The second-order valence-electron chi connectivity index (χ2n) is 6.58. The SMILES string of the molecule is CCCc1nc(NN)c(C)c(NCC2(C)CCCCC2)n1. The fraction of sp³-hybridized carbons (Fsp3) is 0.750. The van der Waals surface area contributed by atoms with Gasteiger partial charge in [0.2, 0.25) is 0 Å². The fourth-order valence-corrected chi connectivity index (χ4v) is 3.09. The van der Waals surface area contributed by atoms with Crippen LogP contribution in [0.5, 0.6) is 0 Å². The standard InChI is InChI=1S/C16H29N5/c1-4-8-13-19-14(12(2)15(20-13)21-17)18-11-16(3)9-6-5-7-10-16/h4-11,17H2,1-3H3,(H2,18,19,20,21). The number of nitrogen functional groups attached to an aromatic ring is 1. The van der Waals surface area contributed by atoms with E-state index in [2.05, 4.69) is 34.6 Å². The Morgan fingerprint density at radius 3 is 2.43 bits per heavy atom. The summed E-state index contributed by atoms with van der Waals surface area (Å²) >= 11 is 0. The van der Waals surface area contributed by atoms with Gasteiger partial charge >= 0.3 is 0 Å². The van der Waals surface area contributed by atoms with Gasteiger partial charge in [0.15, 0.2) is 0 Å². The van der Waals surface area contributed by atoms with Crippen molar-refractivity contribution < 1.29 is 0 Å². The van der Waals surface area contributed by atoms with Crippen molar-refractivity contribution in [2.24, 2.45) is 11.3 Å². The van der Waals surface area contributed by atoms with Crippen molar-refractivity contribution in [2.75, 3.05) is 17.3 Å². The van der Waals surface area contributed by atoms with Crippen LogP contribution in [0.15, 0.2) is 0 Å². The molecule has 1 aromatic rings. The highest BCUT2D eigenvalue weighted by atomic mass is 15.3. The van der Waals surface area contributed by atoms with Crippen LogP contribution < -0.4 is 16.6 Å². The molecule has 21 heavy (non-hydrogen) atoms. The molecule has 1 aromatic heterocycles. The first kappa shape index (κ1) is 16.0. The Labute approximate surface area is 128 Å². The number of hydrogen-bond acceptors (Lipinski definition) is 5. The average Bonchev–Trinajstić information content (AvgIpc) is 2.48. The molecule has 1 saturated carbocycles. The number of hydrazine groups is 1. The maximum atomic E-state index is 5.58. The van der Waals surface area contributed by atoms with E-state index in [-0.39, 0.29) is 0 Å². The summed E-state index contributed by atoms with van der Waals surface area (Å²) < 4.78 is 0. The van der Waals surface area contributed by atoms with Gasteiger partial charge in [0.05, 0.1) is 0 Å². The first-order chi connectivity index (χ1) is 10.1. The summed E-state index contributed by atoms with van der Waals surface area (Å²) in [6.07, 6.45) is 8.58. The summed E-state index contributed by atoms with van der Waals surface area (Å²) in [7, 11) is 0. The van der Waals surface area contributed by atoms with Gasteiger partial charge in [-0.15, -0.1) is 0 Å². The van der Waals surface area contributed by atoms with E-state index in [1.165, 1.54) is 32.1 Å². The number of hydrogen-bond donors (Lipinski definition) is 3. The minimum Gasteiger partial charge on any atom is -0.369 e. The highest BCUT2D eigenvalue weighted by Crippen LogP contribution is 2.36. The lowest BCUT2D eigenvalue weighted by molar-refractivity contribution is 0.233. The summed E-state index contributed by atoms with van der Waals surface area (Å²) in [6.45, 7) is 7.50. The Hall–Kier alpha value is -1.36. The number of nitrogens with zero attached hydrogens (tertiary/aromatic N) is 2. The summed E-state index contributed by atoms with van der Waals surface area (Å²) in [5.74, 6) is 8.09. The van der Waals surface area contributed by atoms with Crippen LogP contribution >= 0.6 is 0 Å². The molecule has 1 heterocycles. The summed E-state index contributed by atoms with van der Waals surface area (Å²) in [4.78, 5) is 9.13. The van der Waals surface area contributed by atoms with E-state index < -0.39 is 0 Å². The number of rotatable bonds is 6. The zero-order valence-corrected chi connectivity index (χ0v) is 13.6. The molecule has 0 bridgehead atoms. The second kappa shape index (κ2) is 7.07. The van der Waals surface area contributed by atoms with Crippen molar-refractivity contribution >= 4 is 11.6 Å². The molecule has 0 spiro atoms. The molecule has 0 saturated heterocycles. The second-order valence-corrected chi connectivity index (χ2v) is 6.58. The maximum absolute atomic E-state index is 5.58. The molecule has 1 fully saturated rings. The molecule has 5 nitrogen and oxygen atoms in total. The van der Waals surface area contributed by atoms with Gasteiger partial charge in [0, 0.05) is 18.5 Å². The molecule has 2 rings (SSSR count). The lowest BCUT2D eigenvalue weighted by Crippen LogP contribution is -2.29. The molecule has 4 N–H and O–H groups in total. The zero-order valence-electron chi connectivity index (χ0n) is 13.6. The summed E-state index contributed by atoms with van der Waals surface area (Å²) in [5.41, 5.74) is 4.07. The van der Waals surface area contributed by atoms with Gasteiger partial charge < -0.3 is 10.7 Å². The lowest BCUT2D eigenvalue weighted by Gasteiger charge is -2.34. The highest BCUT2D eigenvalue weighted by molar-refractivity contribution is 5.56. The van der Waals surface area contributed by atoms with Crippen molar-refractivity contribution in [3.63, 3.8) is 0 Å². The molecule has 0 radical (unpaired) electrons. The Balaban J connectivity index is 2.12. The normalized spacial score (nSPS) is 17.5. The van der Waals surface area contributed by atoms with Crippen molar-refractivity contribution in [1.82, 2.24) is 9.97 Å². The van der Waals surface area contributed by atoms with Crippen LogP contribution in [0.25, 0.3) is 0 Å². The Bertz CT molecular complexity index is 466. The minimum absolute atomic E-state index is 0.386. The van der Waals surface area contributed by atoms with Crippen molar-refractivity contribution in [3.8, 4) is 0 Å². The monoisotopic (exact) mass is 291 g/mol. The van der Waals surface area contributed by atoms with E-state index in [4.69, 9.17) is 5.84 Å². The smallest absolute Gasteiger partial charge is 0.148 e. The summed E-state index contributed by atoms with van der Waals surface area (Å²) in [5, 5.41) is 3.55. The van der Waals surface area contributed by atoms with Gasteiger partial charge in [-0.1, -0.05) is 33.1 Å². The van der Waals surface area contributed by atoms with Crippen LogP contribution in [0.2, 0.25) is 0 Å². The zero-order chi connectivity index (χ0) is 15.3. The topological polar surface area (TPSA) is 75.9 Å². The first-order valence-corrected chi connectivity index (χ1v) is 8.16. The number of nitrogens with one attached hydrogen (secondary N) is 2. The molecule has 1 aliphatic rings. The van der Waals surface area contributed by atoms with Gasteiger partial charge in [0.25, 0.3) is 0 Å². The van der Waals surface area contributed by atoms with Gasteiger partial charge in [-0.25, -0.2) is 15.8 Å². The molecule has 0 aromatic carbocycles. The molecule has 118 valence electrons.